The summed E-state index contributed by atoms with van der Waals surface area (Å²) in [6.45, 7) is 9.23. The number of hydrogen-bond donors (Lipinski definition) is 1. The number of aryl methyl sites for hydroxylation is 1. The molecule has 1 atom stereocenters. The fraction of sp³-hybridized carbons (Fsp3) is 0.290. The highest BCUT2D eigenvalue weighted by molar-refractivity contribution is 6.46. The average Bonchev–Trinajstić information content (AvgIpc) is 3.18. The summed E-state index contributed by atoms with van der Waals surface area (Å²) in [5.74, 6) is -0.880. The number of hydrogen-bond acceptors (Lipinski definition) is 5. The number of amides is 1. The summed E-state index contributed by atoms with van der Waals surface area (Å²) in [6.07, 6.45) is 0. The van der Waals surface area contributed by atoms with Crippen molar-refractivity contribution in [2.75, 3.05) is 26.2 Å². The van der Waals surface area contributed by atoms with Crippen molar-refractivity contribution in [3.05, 3.63) is 106 Å². The minimum atomic E-state index is -0.708. The van der Waals surface area contributed by atoms with E-state index >= 15 is 0 Å². The highest BCUT2D eigenvalue weighted by atomic mass is 35.5. The molecule has 6 nitrogen and oxygen atoms in total. The Labute approximate surface area is 229 Å². The lowest BCUT2D eigenvalue weighted by Gasteiger charge is -2.28. The molecule has 1 aliphatic heterocycles. The van der Waals surface area contributed by atoms with Crippen LogP contribution in [0.3, 0.4) is 0 Å². The number of aliphatic hydroxyl groups is 1. The van der Waals surface area contributed by atoms with Gasteiger partial charge < -0.3 is 19.6 Å². The predicted molar refractivity (Wildman–Crippen MR) is 150 cm³/mol. The summed E-state index contributed by atoms with van der Waals surface area (Å²) in [5, 5.41) is 11.9. The molecule has 198 valence electrons. The smallest absolute Gasteiger partial charge is 0.295 e. The number of likely N-dealkylation sites (N-methyl/N-ethyl adjacent to an activating group) is 1. The zero-order valence-electron chi connectivity index (χ0n) is 22.0. The number of rotatable bonds is 10. The van der Waals surface area contributed by atoms with E-state index in [1.807, 2.05) is 25.1 Å². The maximum absolute atomic E-state index is 13.2. The van der Waals surface area contributed by atoms with Crippen molar-refractivity contribution in [1.82, 2.24) is 9.80 Å². The molecule has 1 N–H and O–H groups in total. The van der Waals surface area contributed by atoms with E-state index in [9.17, 15) is 14.7 Å². The molecule has 1 aliphatic rings. The van der Waals surface area contributed by atoms with Crippen LogP contribution in [0.4, 0.5) is 0 Å². The van der Waals surface area contributed by atoms with Gasteiger partial charge in [0.25, 0.3) is 11.7 Å². The van der Waals surface area contributed by atoms with Gasteiger partial charge in [0.15, 0.2) is 0 Å². The average molecular weight is 533 g/mol. The van der Waals surface area contributed by atoms with E-state index in [4.69, 9.17) is 16.3 Å². The molecule has 1 amide bonds. The first-order valence-corrected chi connectivity index (χ1v) is 13.2. The second kappa shape index (κ2) is 12.3. The third kappa shape index (κ3) is 6.09. The van der Waals surface area contributed by atoms with Crippen LogP contribution in [-0.4, -0.2) is 52.8 Å². The number of likely N-dealkylation sites (tertiary alicyclic amines) is 1. The molecular formula is C31H33ClN2O4. The SMILES string of the molecule is CCN(CC)CCN1C(=O)C(=O)/C(=C(/O)c2ccc(OCc3cccc(C)c3)cc2)[C@H]1c1ccc(Cl)cc1. The number of ether oxygens (including phenoxy) is 1. The van der Waals surface area contributed by atoms with Crippen LogP contribution in [0.1, 0.15) is 42.1 Å². The number of nitrogens with zero attached hydrogens (tertiary/aromatic N) is 2. The quantitative estimate of drug-likeness (QED) is 0.197. The molecule has 0 aromatic heterocycles. The second-order valence-corrected chi connectivity index (χ2v) is 9.81. The normalized spacial score (nSPS) is 16.9. The van der Waals surface area contributed by atoms with E-state index < -0.39 is 17.7 Å². The van der Waals surface area contributed by atoms with E-state index in [0.29, 0.717) is 41.6 Å². The van der Waals surface area contributed by atoms with E-state index in [-0.39, 0.29) is 11.3 Å². The molecule has 1 heterocycles. The Balaban J connectivity index is 1.63. The van der Waals surface area contributed by atoms with Gasteiger partial charge in [-0.25, -0.2) is 0 Å². The van der Waals surface area contributed by atoms with Crippen LogP contribution in [0.5, 0.6) is 5.75 Å². The van der Waals surface area contributed by atoms with Crippen molar-refractivity contribution in [1.29, 1.82) is 0 Å². The third-order valence-corrected chi connectivity index (χ3v) is 7.14. The molecule has 0 spiro atoms. The first kappa shape index (κ1) is 27.4. The Kier molecular flexibility index (Phi) is 8.87. The maximum Gasteiger partial charge on any atom is 0.295 e. The molecular weight excluding hydrogens is 500 g/mol. The Morgan fingerprint density at radius 2 is 1.68 bits per heavy atom. The maximum atomic E-state index is 13.2. The van der Waals surface area contributed by atoms with Gasteiger partial charge in [0, 0.05) is 23.7 Å². The Bertz CT molecular complexity index is 1310. The summed E-state index contributed by atoms with van der Waals surface area (Å²) >= 11 is 6.11. The minimum Gasteiger partial charge on any atom is -0.507 e. The number of ketones is 1. The molecule has 0 saturated carbocycles. The summed E-state index contributed by atoms with van der Waals surface area (Å²) in [6, 6.07) is 21.3. The van der Waals surface area contributed by atoms with E-state index in [1.54, 1.807) is 53.4 Å². The first-order valence-electron chi connectivity index (χ1n) is 12.9. The van der Waals surface area contributed by atoms with Crippen LogP contribution < -0.4 is 4.74 Å². The topological polar surface area (TPSA) is 70.1 Å². The van der Waals surface area contributed by atoms with Crippen molar-refractivity contribution >= 4 is 29.1 Å². The summed E-state index contributed by atoms with van der Waals surface area (Å²) in [7, 11) is 0. The van der Waals surface area contributed by atoms with Crippen molar-refractivity contribution in [2.24, 2.45) is 0 Å². The molecule has 0 aliphatic carbocycles. The third-order valence-electron chi connectivity index (χ3n) is 6.89. The van der Waals surface area contributed by atoms with Gasteiger partial charge in [-0.1, -0.05) is 67.4 Å². The van der Waals surface area contributed by atoms with E-state index in [0.717, 1.165) is 24.2 Å². The molecule has 0 bridgehead atoms. The number of Topliss-reactive ketones (excluding diaryl/α,β-unsaturated/α-hetero) is 1. The number of benzene rings is 3. The number of carbonyl (C=O) groups is 2. The molecule has 38 heavy (non-hydrogen) atoms. The van der Waals surface area contributed by atoms with Crippen LogP contribution in [0.2, 0.25) is 5.02 Å². The Morgan fingerprint density at radius 1 is 1.00 bits per heavy atom. The van der Waals surface area contributed by atoms with Gasteiger partial charge in [-0.2, -0.15) is 0 Å². The van der Waals surface area contributed by atoms with Gasteiger partial charge in [-0.15, -0.1) is 0 Å². The lowest BCUT2D eigenvalue weighted by Crippen LogP contribution is -2.38. The van der Waals surface area contributed by atoms with Gasteiger partial charge in [-0.3, -0.25) is 9.59 Å². The summed E-state index contributed by atoms with van der Waals surface area (Å²) < 4.78 is 5.90. The van der Waals surface area contributed by atoms with Crippen molar-refractivity contribution < 1.29 is 19.4 Å². The van der Waals surface area contributed by atoms with Gasteiger partial charge in [0.05, 0.1) is 11.6 Å². The molecule has 0 unspecified atom stereocenters. The van der Waals surface area contributed by atoms with Crippen LogP contribution in [0, 0.1) is 6.92 Å². The second-order valence-electron chi connectivity index (χ2n) is 9.37. The highest BCUT2D eigenvalue weighted by Gasteiger charge is 2.45. The largest absolute Gasteiger partial charge is 0.507 e. The first-order chi connectivity index (χ1) is 18.3. The molecule has 0 radical (unpaired) electrons. The number of halogens is 1. The highest BCUT2D eigenvalue weighted by Crippen LogP contribution is 2.39. The van der Waals surface area contributed by atoms with Gasteiger partial charge in [0.1, 0.15) is 18.1 Å². The van der Waals surface area contributed by atoms with Crippen LogP contribution >= 0.6 is 11.6 Å². The molecule has 1 fully saturated rings. The fourth-order valence-electron chi connectivity index (χ4n) is 4.72. The fourth-order valence-corrected chi connectivity index (χ4v) is 4.85. The zero-order valence-corrected chi connectivity index (χ0v) is 22.7. The van der Waals surface area contributed by atoms with Gasteiger partial charge in [0.2, 0.25) is 0 Å². The predicted octanol–water partition coefficient (Wildman–Crippen LogP) is 5.99. The lowest BCUT2D eigenvalue weighted by atomic mass is 9.95. The molecule has 4 rings (SSSR count). The van der Waals surface area contributed by atoms with Crippen molar-refractivity contribution in [3.63, 3.8) is 0 Å². The van der Waals surface area contributed by atoms with Crippen molar-refractivity contribution in [3.8, 4) is 5.75 Å². The van der Waals surface area contributed by atoms with Crippen molar-refractivity contribution in [2.45, 2.75) is 33.4 Å². The minimum absolute atomic E-state index is 0.0744. The lowest BCUT2D eigenvalue weighted by molar-refractivity contribution is -0.140. The molecule has 3 aromatic carbocycles. The summed E-state index contributed by atoms with van der Waals surface area (Å²) in [4.78, 5) is 30.1. The molecule has 1 saturated heterocycles. The van der Waals surface area contributed by atoms with Crippen LogP contribution in [-0.2, 0) is 16.2 Å². The standard InChI is InChI=1S/C31H33ClN2O4/c1-4-33(5-2)17-18-34-28(23-9-13-25(32)14-10-23)27(30(36)31(34)37)29(35)24-11-15-26(16-12-24)38-20-22-8-6-7-21(3)19-22/h6-16,19,28,35H,4-5,17-18,20H2,1-3H3/b29-27+/t28-/m1/s1. The Hall–Kier alpha value is -3.61. The van der Waals surface area contributed by atoms with E-state index in [1.165, 1.54) is 0 Å². The van der Waals surface area contributed by atoms with Gasteiger partial charge >= 0.3 is 0 Å². The monoisotopic (exact) mass is 532 g/mol. The zero-order chi connectivity index (χ0) is 27.2. The number of carbonyl (C=O) groups excluding carboxylic acids is 2. The Morgan fingerprint density at radius 3 is 2.32 bits per heavy atom. The van der Waals surface area contributed by atoms with E-state index in [2.05, 4.69) is 24.8 Å². The molecule has 3 aromatic rings. The van der Waals surface area contributed by atoms with Crippen LogP contribution in [0.15, 0.2) is 78.4 Å². The number of aliphatic hydroxyl groups excluding tert-OH is 1. The summed E-state index contributed by atoms with van der Waals surface area (Å²) in [5.41, 5.74) is 3.45. The van der Waals surface area contributed by atoms with Crippen LogP contribution in [0.25, 0.3) is 5.76 Å². The van der Waals surface area contributed by atoms with Gasteiger partial charge in [-0.05, 0) is 67.5 Å². The molecule has 7 heteroatoms.